The lowest BCUT2D eigenvalue weighted by molar-refractivity contribution is 0.00844. The molecule has 0 spiro atoms. The number of nitrogens with two attached hydrogens (primary N) is 1. The molecule has 0 atom stereocenters. The summed E-state index contributed by atoms with van der Waals surface area (Å²) in [6.45, 7) is 2.95. The molecule has 21 heavy (non-hydrogen) atoms. The van der Waals surface area contributed by atoms with Crippen LogP contribution in [-0.4, -0.2) is 43.2 Å². The number of ether oxygens (including phenoxy) is 1. The molecule has 2 N–H and O–H groups in total. The third-order valence-electron chi connectivity index (χ3n) is 3.50. The number of nitrogens with zero attached hydrogens (tertiary/aromatic N) is 1. The number of halogens is 2. The van der Waals surface area contributed by atoms with Crippen LogP contribution in [0.2, 0.25) is 0 Å². The number of amides is 1. The van der Waals surface area contributed by atoms with E-state index in [1.165, 1.54) is 0 Å². The molecule has 0 radical (unpaired) electrons. The summed E-state index contributed by atoms with van der Waals surface area (Å²) < 4.78 is 6.85. The van der Waals surface area contributed by atoms with Gasteiger partial charge in [0.25, 0.3) is 5.91 Å². The van der Waals surface area contributed by atoms with Crippen molar-refractivity contribution in [1.82, 2.24) is 4.90 Å². The summed E-state index contributed by atoms with van der Waals surface area (Å²) >= 11 is 2.23. The molecule has 1 saturated heterocycles. The second-order valence-corrected chi connectivity index (χ2v) is 6.26. The van der Waals surface area contributed by atoms with Crippen molar-refractivity contribution in [1.29, 1.82) is 0 Å². The maximum Gasteiger partial charge on any atom is 0.253 e. The van der Waals surface area contributed by atoms with Crippen molar-refractivity contribution < 1.29 is 9.53 Å². The van der Waals surface area contributed by atoms with Gasteiger partial charge in [-0.15, -0.1) is 12.4 Å². The van der Waals surface area contributed by atoms with Gasteiger partial charge in [-0.2, -0.15) is 0 Å². The lowest BCUT2D eigenvalue weighted by Crippen LogP contribution is -2.41. The van der Waals surface area contributed by atoms with Crippen molar-refractivity contribution in [2.75, 3.05) is 26.2 Å². The highest BCUT2D eigenvalue weighted by molar-refractivity contribution is 14.1. The first-order valence-electron chi connectivity index (χ1n) is 7.07. The minimum atomic E-state index is 0. The third-order valence-corrected chi connectivity index (χ3v) is 4.17. The van der Waals surface area contributed by atoms with Crippen molar-refractivity contribution in [2.24, 2.45) is 5.73 Å². The Bertz CT molecular complexity index is 451. The highest BCUT2D eigenvalue weighted by Gasteiger charge is 2.23. The lowest BCUT2D eigenvalue weighted by Gasteiger charge is -2.32. The van der Waals surface area contributed by atoms with E-state index in [9.17, 15) is 4.79 Å². The summed E-state index contributed by atoms with van der Waals surface area (Å²) in [6.07, 6.45) is 3.02. The van der Waals surface area contributed by atoms with Gasteiger partial charge in [-0.25, -0.2) is 0 Å². The molecule has 1 amide bonds. The Morgan fingerprint density at radius 2 is 2.10 bits per heavy atom. The van der Waals surface area contributed by atoms with Gasteiger partial charge in [-0.1, -0.05) is 6.07 Å². The van der Waals surface area contributed by atoms with Crippen LogP contribution in [0.3, 0.4) is 0 Å². The normalized spacial score (nSPS) is 15.6. The number of hydrogen-bond acceptors (Lipinski definition) is 3. The molecule has 2 rings (SSSR count). The molecule has 0 aromatic heterocycles. The maximum atomic E-state index is 12.4. The van der Waals surface area contributed by atoms with E-state index in [2.05, 4.69) is 22.6 Å². The number of piperidine rings is 1. The Balaban J connectivity index is 0.00000220. The summed E-state index contributed by atoms with van der Waals surface area (Å²) in [5.41, 5.74) is 6.23. The zero-order chi connectivity index (χ0) is 14.4. The number of carbonyl (C=O) groups is 1. The van der Waals surface area contributed by atoms with Gasteiger partial charge in [0.15, 0.2) is 0 Å². The SMILES string of the molecule is Cl.NCCCOC1CCN(C(=O)c2cccc(I)c2)CC1. The zero-order valence-corrected chi connectivity index (χ0v) is 14.9. The van der Waals surface area contributed by atoms with E-state index in [-0.39, 0.29) is 24.4 Å². The molecule has 1 aromatic rings. The summed E-state index contributed by atoms with van der Waals surface area (Å²) in [5.74, 6) is 0.129. The second kappa shape index (κ2) is 9.61. The molecule has 1 aliphatic heterocycles. The molecule has 1 fully saturated rings. The van der Waals surface area contributed by atoms with E-state index < -0.39 is 0 Å². The minimum Gasteiger partial charge on any atom is -0.378 e. The first kappa shape index (κ1) is 18.7. The Labute approximate surface area is 145 Å². The first-order valence-corrected chi connectivity index (χ1v) is 8.15. The van der Waals surface area contributed by atoms with Gasteiger partial charge in [-0.05, 0) is 66.6 Å². The maximum absolute atomic E-state index is 12.4. The van der Waals surface area contributed by atoms with Crippen LogP contribution in [-0.2, 0) is 4.74 Å². The van der Waals surface area contributed by atoms with Gasteiger partial charge in [0.2, 0.25) is 0 Å². The van der Waals surface area contributed by atoms with Crippen molar-refractivity contribution in [3.05, 3.63) is 33.4 Å². The first-order chi connectivity index (χ1) is 9.70. The molecule has 0 bridgehead atoms. The third kappa shape index (κ3) is 5.73. The van der Waals surface area contributed by atoms with Crippen molar-refractivity contribution in [3.8, 4) is 0 Å². The number of likely N-dealkylation sites (tertiary alicyclic amines) is 1. The van der Waals surface area contributed by atoms with E-state index in [1.807, 2.05) is 29.2 Å². The molecule has 6 heteroatoms. The monoisotopic (exact) mass is 424 g/mol. The molecule has 1 heterocycles. The van der Waals surface area contributed by atoms with Crippen LogP contribution >= 0.6 is 35.0 Å². The molecule has 4 nitrogen and oxygen atoms in total. The summed E-state index contributed by atoms with van der Waals surface area (Å²) in [4.78, 5) is 14.3. The van der Waals surface area contributed by atoms with Gasteiger partial charge in [0.1, 0.15) is 0 Å². The van der Waals surface area contributed by atoms with E-state index in [0.29, 0.717) is 6.54 Å². The predicted octanol–water partition coefficient (Wildman–Crippen LogP) is 2.68. The topological polar surface area (TPSA) is 55.6 Å². The second-order valence-electron chi connectivity index (χ2n) is 5.01. The molecular weight excluding hydrogens is 403 g/mol. The van der Waals surface area contributed by atoms with Crippen LogP contribution in [0.1, 0.15) is 29.6 Å². The average molecular weight is 425 g/mol. The molecular formula is C15H22ClIN2O2. The van der Waals surface area contributed by atoms with Crippen molar-refractivity contribution in [2.45, 2.75) is 25.4 Å². The number of hydrogen-bond donors (Lipinski definition) is 1. The van der Waals surface area contributed by atoms with Gasteiger partial charge < -0.3 is 15.4 Å². The Morgan fingerprint density at radius 3 is 2.71 bits per heavy atom. The minimum absolute atomic E-state index is 0. The fourth-order valence-corrected chi connectivity index (χ4v) is 2.91. The van der Waals surface area contributed by atoms with Crippen molar-refractivity contribution in [3.63, 3.8) is 0 Å². The smallest absolute Gasteiger partial charge is 0.253 e. The number of rotatable bonds is 5. The zero-order valence-electron chi connectivity index (χ0n) is 12.0. The fourth-order valence-electron chi connectivity index (χ4n) is 2.36. The standard InChI is InChI=1S/C15H21IN2O2.ClH/c16-13-4-1-3-12(11-13)15(19)18-8-5-14(6-9-18)20-10-2-7-17;/h1,3-4,11,14H,2,5-10,17H2;1H. The van der Waals surface area contributed by atoms with Crippen LogP contribution in [0.15, 0.2) is 24.3 Å². The lowest BCUT2D eigenvalue weighted by atomic mass is 10.1. The van der Waals surface area contributed by atoms with E-state index in [0.717, 1.165) is 48.1 Å². The molecule has 1 aliphatic rings. The molecule has 0 aliphatic carbocycles. The Morgan fingerprint density at radius 1 is 1.38 bits per heavy atom. The largest absolute Gasteiger partial charge is 0.378 e. The molecule has 0 unspecified atom stereocenters. The molecule has 0 saturated carbocycles. The van der Waals surface area contributed by atoms with Gasteiger partial charge in [0, 0.05) is 28.8 Å². The van der Waals surface area contributed by atoms with Crippen LogP contribution < -0.4 is 5.73 Å². The summed E-state index contributed by atoms with van der Waals surface area (Å²) in [5, 5.41) is 0. The number of benzene rings is 1. The highest BCUT2D eigenvalue weighted by atomic mass is 127. The predicted molar refractivity (Wildman–Crippen MR) is 95.0 cm³/mol. The average Bonchev–Trinajstić information content (AvgIpc) is 2.47. The van der Waals surface area contributed by atoms with Crippen LogP contribution in [0.5, 0.6) is 0 Å². The van der Waals surface area contributed by atoms with Crippen LogP contribution in [0, 0.1) is 3.57 Å². The van der Waals surface area contributed by atoms with Gasteiger partial charge in [0.05, 0.1) is 6.10 Å². The fraction of sp³-hybridized carbons (Fsp3) is 0.533. The van der Waals surface area contributed by atoms with E-state index in [1.54, 1.807) is 0 Å². The van der Waals surface area contributed by atoms with Crippen molar-refractivity contribution >= 4 is 40.9 Å². The van der Waals surface area contributed by atoms with Crippen LogP contribution in [0.25, 0.3) is 0 Å². The molecule has 118 valence electrons. The summed E-state index contributed by atoms with van der Waals surface area (Å²) in [7, 11) is 0. The van der Waals surface area contributed by atoms with Crippen LogP contribution in [0.4, 0.5) is 0 Å². The summed E-state index contributed by atoms with van der Waals surface area (Å²) in [6, 6.07) is 7.74. The quantitative estimate of drug-likeness (QED) is 0.584. The highest BCUT2D eigenvalue weighted by Crippen LogP contribution is 2.17. The van der Waals surface area contributed by atoms with E-state index >= 15 is 0 Å². The Hall–Kier alpha value is -0.370. The number of carbonyl (C=O) groups excluding carboxylic acids is 1. The van der Waals surface area contributed by atoms with Gasteiger partial charge in [-0.3, -0.25) is 4.79 Å². The molecule has 1 aromatic carbocycles. The Kier molecular flexibility index (Phi) is 8.55. The van der Waals surface area contributed by atoms with E-state index in [4.69, 9.17) is 10.5 Å². The van der Waals surface area contributed by atoms with Gasteiger partial charge >= 0.3 is 0 Å².